The summed E-state index contributed by atoms with van der Waals surface area (Å²) in [6.07, 6.45) is -1.58. The third kappa shape index (κ3) is 5.03. The van der Waals surface area contributed by atoms with Gasteiger partial charge >= 0.3 is 6.09 Å². The van der Waals surface area contributed by atoms with E-state index < -0.39 is 27.8 Å². The van der Waals surface area contributed by atoms with Crippen molar-refractivity contribution in [3.8, 4) is 11.6 Å². The number of anilines is 2. The first kappa shape index (κ1) is 25.1. The number of sulfonamides is 1. The third-order valence-corrected chi connectivity index (χ3v) is 7.30. The number of carboxylic acid groups (broad SMARTS) is 1. The molecular weight excluding hydrogens is 466 g/mol. The van der Waals surface area contributed by atoms with E-state index in [1.807, 2.05) is 13.8 Å². The second-order valence-corrected chi connectivity index (χ2v) is 10.5. The summed E-state index contributed by atoms with van der Waals surface area (Å²) >= 11 is 0. The molecule has 13 heteroatoms. The van der Waals surface area contributed by atoms with Gasteiger partial charge in [0.15, 0.2) is 4.90 Å². The quantitative estimate of drug-likeness (QED) is 0.528. The first-order chi connectivity index (χ1) is 15.7. The van der Waals surface area contributed by atoms with Crippen molar-refractivity contribution in [1.29, 1.82) is 0 Å². The summed E-state index contributed by atoms with van der Waals surface area (Å²) < 4.78 is 41.7. The molecule has 2 aromatic rings. The van der Waals surface area contributed by atoms with Crippen molar-refractivity contribution in [2.75, 3.05) is 23.3 Å². The molecule has 1 aromatic carbocycles. The number of nitrogens with one attached hydrogen (secondary N) is 2. The smallest absolute Gasteiger partial charge is 0.409 e. The first-order valence-corrected chi connectivity index (χ1v) is 11.9. The van der Waals surface area contributed by atoms with Crippen LogP contribution in [0.15, 0.2) is 23.1 Å². The minimum Gasteiger partial charge on any atom is -0.486 e. The highest BCUT2D eigenvalue weighted by Gasteiger charge is 2.40. The largest absolute Gasteiger partial charge is 0.486 e. The van der Waals surface area contributed by atoms with Crippen LogP contribution >= 0.6 is 0 Å². The zero-order valence-electron chi connectivity index (χ0n) is 19.9. The molecule has 2 heterocycles. The average Bonchev–Trinajstić information content (AvgIpc) is 3.00. The second kappa shape index (κ2) is 9.05. The van der Waals surface area contributed by atoms with Crippen LogP contribution < -0.4 is 24.4 Å². The van der Waals surface area contributed by atoms with E-state index in [2.05, 4.69) is 15.7 Å². The number of amides is 2. The number of fused-ring (bicyclic) bond motifs is 1. The lowest BCUT2D eigenvalue weighted by Crippen LogP contribution is -2.50. The highest BCUT2D eigenvalue weighted by Crippen LogP contribution is 2.42. The van der Waals surface area contributed by atoms with E-state index in [1.165, 1.54) is 41.2 Å². The van der Waals surface area contributed by atoms with Crippen molar-refractivity contribution in [1.82, 2.24) is 15.1 Å². The molecule has 3 rings (SSSR count). The monoisotopic (exact) mass is 495 g/mol. The molecule has 1 atom stereocenters. The van der Waals surface area contributed by atoms with Gasteiger partial charge in [-0.3, -0.25) is 19.1 Å². The Morgan fingerprint density at radius 1 is 1.35 bits per heavy atom. The third-order valence-electron chi connectivity index (χ3n) is 5.38. The Hall–Kier alpha value is -3.48. The number of carbonyl (C=O) groups is 2. The Balaban J connectivity index is 2.11. The molecule has 1 unspecified atom stereocenters. The van der Waals surface area contributed by atoms with Crippen LogP contribution in [0.3, 0.4) is 0 Å². The highest BCUT2D eigenvalue weighted by atomic mass is 32.2. The zero-order valence-corrected chi connectivity index (χ0v) is 20.7. The van der Waals surface area contributed by atoms with Gasteiger partial charge in [-0.05, 0) is 39.0 Å². The fraction of sp³-hybridized carbons (Fsp3) is 0.476. The Bertz CT molecular complexity index is 1220. The number of benzene rings is 1. The van der Waals surface area contributed by atoms with Crippen LogP contribution in [0.1, 0.15) is 32.9 Å². The van der Waals surface area contributed by atoms with E-state index in [9.17, 15) is 18.0 Å². The maximum atomic E-state index is 13.9. The van der Waals surface area contributed by atoms with Gasteiger partial charge in [0.1, 0.15) is 11.9 Å². The van der Waals surface area contributed by atoms with Crippen LogP contribution in [0.4, 0.5) is 16.2 Å². The van der Waals surface area contributed by atoms with Gasteiger partial charge in [-0.1, -0.05) is 0 Å². The number of aryl methyl sites for hydroxylation is 1. The number of aromatic nitrogens is 2. The predicted molar refractivity (Wildman–Crippen MR) is 124 cm³/mol. The predicted octanol–water partition coefficient (Wildman–Crippen LogP) is 2.09. The van der Waals surface area contributed by atoms with Gasteiger partial charge in [0, 0.05) is 31.6 Å². The molecule has 0 aliphatic carbocycles. The number of hydrogen-bond donors (Lipinski definition) is 3. The number of rotatable bonds is 7. The van der Waals surface area contributed by atoms with Gasteiger partial charge in [-0.2, -0.15) is 0 Å². The highest BCUT2D eigenvalue weighted by molar-refractivity contribution is 7.93. The van der Waals surface area contributed by atoms with Crippen LogP contribution in [-0.4, -0.2) is 60.6 Å². The second-order valence-electron chi connectivity index (χ2n) is 8.71. The molecule has 0 radical (unpaired) electrons. The van der Waals surface area contributed by atoms with Gasteiger partial charge in [0.25, 0.3) is 15.9 Å². The SMILES string of the molecule is COc1nn(C)c(C)c1S(=O)(=O)N1CC(CC(C)(C)NC(C)=O)Oc2ccc(NC(=O)O)cc21. The molecule has 3 N–H and O–H groups in total. The van der Waals surface area contributed by atoms with Crippen molar-refractivity contribution in [2.45, 2.75) is 50.7 Å². The maximum Gasteiger partial charge on any atom is 0.409 e. The van der Waals surface area contributed by atoms with Crippen LogP contribution in [0, 0.1) is 6.92 Å². The van der Waals surface area contributed by atoms with Crippen molar-refractivity contribution in [2.24, 2.45) is 7.05 Å². The van der Waals surface area contributed by atoms with Crippen molar-refractivity contribution in [3.05, 3.63) is 23.9 Å². The van der Waals surface area contributed by atoms with Crippen LogP contribution in [-0.2, 0) is 21.9 Å². The molecule has 0 saturated heterocycles. The molecule has 0 fully saturated rings. The van der Waals surface area contributed by atoms with Crippen LogP contribution in [0.2, 0.25) is 0 Å². The molecule has 0 spiro atoms. The van der Waals surface area contributed by atoms with Crippen molar-refractivity contribution >= 4 is 33.4 Å². The van der Waals surface area contributed by atoms with Gasteiger partial charge in [0.05, 0.1) is 25.0 Å². The average molecular weight is 496 g/mol. The molecule has 1 aromatic heterocycles. The number of methoxy groups -OCH3 is 1. The number of hydrogen-bond acceptors (Lipinski definition) is 7. The summed E-state index contributed by atoms with van der Waals surface area (Å²) in [7, 11) is -1.26. The van der Waals surface area contributed by atoms with E-state index in [0.29, 0.717) is 12.1 Å². The summed E-state index contributed by atoms with van der Waals surface area (Å²) in [6.45, 7) is 6.58. The summed E-state index contributed by atoms with van der Waals surface area (Å²) in [5.41, 5.74) is 0.0581. The Labute approximate surface area is 197 Å². The summed E-state index contributed by atoms with van der Waals surface area (Å²) in [6, 6.07) is 4.39. The minimum absolute atomic E-state index is 0.0528. The molecule has 2 amide bonds. The zero-order chi connectivity index (χ0) is 25.4. The van der Waals surface area contributed by atoms with Crippen molar-refractivity contribution in [3.63, 3.8) is 0 Å². The fourth-order valence-corrected chi connectivity index (χ4v) is 5.88. The maximum absolute atomic E-state index is 13.9. The molecule has 0 saturated carbocycles. The molecule has 34 heavy (non-hydrogen) atoms. The van der Waals surface area contributed by atoms with Crippen LogP contribution in [0.5, 0.6) is 11.6 Å². The lowest BCUT2D eigenvalue weighted by Gasteiger charge is -2.38. The summed E-state index contributed by atoms with van der Waals surface area (Å²) in [4.78, 5) is 22.6. The van der Waals surface area contributed by atoms with Gasteiger partial charge in [-0.15, -0.1) is 5.10 Å². The van der Waals surface area contributed by atoms with Gasteiger partial charge in [-0.25, -0.2) is 13.2 Å². The minimum atomic E-state index is -4.20. The van der Waals surface area contributed by atoms with Crippen LogP contribution in [0.25, 0.3) is 0 Å². The topological polar surface area (TPSA) is 152 Å². The van der Waals surface area contributed by atoms with Gasteiger partial charge < -0.3 is 19.9 Å². The molecule has 186 valence electrons. The molecule has 1 aliphatic heterocycles. The number of nitrogens with zero attached hydrogens (tertiary/aromatic N) is 3. The van der Waals surface area contributed by atoms with E-state index in [4.69, 9.17) is 14.6 Å². The Morgan fingerprint density at radius 3 is 2.62 bits per heavy atom. The number of carbonyl (C=O) groups excluding carboxylic acids is 1. The summed E-state index contributed by atoms with van der Waals surface area (Å²) in [5, 5.41) is 18.3. The molecule has 12 nitrogen and oxygen atoms in total. The standard InChI is InChI=1S/C21H29N5O7S/c1-12-18(19(32-6)24-25(12)5)34(30,31)26-11-15(10-21(3,4)23-13(2)27)33-17-8-7-14(9-16(17)26)22-20(28)29/h7-9,15,22H,10-11H2,1-6H3,(H,23,27)(H,28,29). The molecular formula is C21H29N5O7S. The lowest BCUT2D eigenvalue weighted by atomic mass is 9.95. The van der Waals surface area contributed by atoms with E-state index >= 15 is 0 Å². The van der Waals surface area contributed by atoms with E-state index in [1.54, 1.807) is 14.0 Å². The normalized spacial score (nSPS) is 15.8. The molecule has 0 bridgehead atoms. The Kier molecular flexibility index (Phi) is 6.69. The summed E-state index contributed by atoms with van der Waals surface area (Å²) in [5.74, 6) is -0.0105. The number of ether oxygens (including phenoxy) is 2. The lowest BCUT2D eigenvalue weighted by molar-refractivity contribution is -0.120. The fourth-order valence-electron chi connectivity index (χ4n) is 4.04. The van der Waals surface area contributed by atoms with Crippen molar-refractivity contribution < 1.29 is 32.6 Å². The van der Waals surface area contributed by atoms with E-state index in [-0.39, 0.29) is 40.4 Å². The molecule has 1 aliphatic rings. The van der Waals surface area contributed by atoms with E-state index in [0.717, 1.165) is 0 Å². The van der Waals surface area contributed by atoms with Gasteiger partial charge in [0.2, 0.25) is 5.91 Å². The first-order valence-electron chi connectivity index (χ1n) is 10.4. The Morgan fingerprint density at radius 2 is 2.03 bits per heavy atom.